The molecule has 6 heteroatoms. The van der Waals surface area contributed by atoms with Crippen molar-refractivity contribution in [2.45, 2.75) is 24.3 Å². The Kier molecular flexibility index (Phi) is 5.35. The summed E-state index contributed by atoms with van der Waals surface area (Å²) in [6.07, 6.45) is 2.09. The SMILES string of the molecule is CC(CN)(Cc1ccccc1)N1CCSCC1S(C)(=O)=O. The summed E-state index contributed by atoms with van der Waals surface area (Å²) in [7, 11) is -3.11. The van der Waals surface area contributed by atoms with Gasteiger partial charge in [-0.3, -0.25) is 4.90 Å². The summed E-state index contributed by atoms with van der Waals surface area (Å²) < 4.78 is 24.2. The second-order valence-electron chi connectivity index (χ2n) is 5.92. The van der Waals surface area contributed by atoms with E-state index in [1.165, 1.54) is 11.8 Å². The van der Waals surface area contributed by atoms with Crippen LogP contribution in [0, 0.1) is 0 Å². The van der Waals surface area contributed by atoms with Crippen molar-refractivity contribution in [3.63, 3.8) is 0 Å². The summed E-state index contributed by atoms with van der Waals surface area (Å²) in [5.74, 6) is 1.58. The Bertz CT molecular complexity index is 562. The van der Waals surface area contributed by atoms with Gasteiger partial charge in [-0.15, -0.1) is 0 Å². The number of thioether (sulfide) groups is 1. The van der Waals surface area contributed by atoms with Crippen molar-refractivity contribution >= 4 is 21.6 Å². The first-order valence-electron chi connectivity index (χ1n) is 7.14. The quantitative estimate of drug-likeness (QED) is 0.884. The molecule has 0 bridgehead atoms. The summed E-state index contributed by atoms with van der Waals surface area (Å²) in [6, 6.07) is 10.1. The van der Waals surface area contributed by atoms with Crippen LogP contribution in [0.4, 0.5) is 0 Å². The van der Waals surface area contributed by atoms with Crippen molar-refractivity contribution in [2.75, 3.05) is 30.9 Å². The van der Waals surface area contributed by atoms with Gasteiger partial charge >= 0.3 is 0 Å². The Morgan fingerprint density at radius 3 is 2.62 bits per heavy atom. The van der Waals surface area contributed by atoms with Crippen molar-refractivity contribution in [1.82, 2.24) is 4.90 Å². The Morgan fingerprint density at radius 2 is 2.05 bits per heavy atom. The lowest BCUT2D eigenvalue weighted by Crippen LogP contribution is -2.61. The molecule has 118 valence electrons. The number of hydrogen-bond acceptors (Lipinski definition) is 5. The Morgan fingerprint density at radius 1 is 1.38 bits per heavy atom. The fraction of sp³-hybridized carbons (Fsp3) is 0.600. The topological polar surface area (TPSA) is 63.4 Å². The number of nitrogens with zero attached hydrogens (tertiary/aromatic N) is 1. The third-order valence-electron chi connectivity index (χ3n) is 4.14. The lowest BCUT2D eigenvalue weighted by molar-refractivity contribution is 0.106. The highest BCUT2D eigenvalue weighted by molar-refractivity contribution is 8.00. The van der Waals surface area contributed by atoms with E-state index < -0.39 is 15.2 Å². The lowest BCUT2D eigenvalue weighted by atomic mass is 9.90. The van der Waals surface area contributed by atoms with Crippen LogP contribution in [0.1, 0.15) is 12.5 Å². The molecule has 4 nitrogen and oxygen atoms in total. The molecule has 0 amide bonds. The van der Waals surface area contributed by atoms with E-state index in [-0.39, 0.29) is 5.54 Å². The zero-order chi connectivity index (χ0) is 15.5. The normalized spacial score (nSPS) is 23.7. The molecule has 0 aliphatic carbocycles. The Balaban J connectivity index is 2.28. The number of rotatable bonds is 5. The second kappa shape index (κ2) is 6.69. The van der Waals surface area contributed by atoms with Crippen LogP contribution in [0.2, 0.25) is 0 Å². The number of sulfone groups is 1. The molecule has 2 N–H and O–H groups in total. The van der Waals surface area contributed by atoms with Gasteiger partial charge in [-0.05, 0) is 18.9 Å². The van der Waals surface area contributed by atoms with Crippen LogP contribution < -0.4 is 5.73 Å². The lowest BCUT2D eigenvalue weighted by Gasteiger charge is -2.46. The first-order chi connectivity index (χ1) is 9.87. The zero-order valence-corrected chi connectivity index (χ0v) is 14.3. The Labute approximate surface area is 132 Å². The molecule has 1 aliphatic rings. The van der Waals surface area contributed by atoms with Crippen molar-refractivity contribution in [3.05, 3.63) is 35.9 Å². The van der Waals surface area contributed by atoms with Gasteiger partial charge in [-0.25, -0.2) is 8.42 Å². The first kappa shape index (κ1) is 16.8. The van der Waals surface area contributed by atoms with Crippen LogP contribution in [0.25, 0.3) is 0 Å². The molecule has 0 spiro atoms. The Hall–Kier alpha value is -0.560. The molecule has 1 aromatic rings. The van der Waals surface area contributed by atoms with Gasteiger partial charge in [-0.2, -0.15) is 11.8 Å². The van der Waals surface area contributed by atoms with E-state index in [0.717, 1.165) is 18.7 Å². The van der Waals surface area contributed by atoms with Crippen molar-refractivity contribution < 1.29 is 8.42 Å². The molecule has 1 fully saturated rings. The van der Waals surface area contributed by atoms with Gasteiger partial charge in [0.2, 0.25) is 0 Å². The van der Waals surface area contributed by atoms with Gasteiger partial charge in [0.25, 0.3) is 0 Å². The van der Waals surface area contributed by atoms with E-state index in [9.17, 15) is 8.42 Å². The molecule has 2 atom stereocenters. The van der Waals surface area contributed by atoms with Crippen LogP contribution in [0.3, 0.4) is 0 Å². The predicted octanol–water partition coefficient (Wildman–Crippen LogP) is 1.37. The van der Waals surface area contributed by atoms with Crippen LogP contribution in [0.15, 0.2) is 30.3 Å². The third-order valence-corrected chi connectivity index (χ3v) is 6.78. The summed E-state index contributed by atoms with van der Waals surface area (Å²) in [5.41, 5.74) is 6.90. The maximum Gasteiger partial charge on any atom is 0.164 e. The molecule has 0 radical (unpaired) electrons. The van der Waals surface area contributed by atoms with E-state index in [1.54, 1.807) is 11.8 Å². The smallest absolute Gasteiger partial charge is 0.164 e. The van der Waals surface area contributed by atoms with Crippen molar-refractivity contribution in [1.29, 1.82) is 0 Å². The van der Waals surface area contributed by atoms with E-state index in [2.05, 4.69) is 24.0 Å². The summed E-state index contributed by atoms with van der Waals surface area (Å²) in [5, 5.41) is -0.437. The second-order valence-corrected chi connectivity index (χ2v) is 9.27. The van der Waals surface area contributed by atoms with E-state index in [1.807, 2.05) is 18.2 Å². The average Bonchev–Trinajstić information content (AvgIpc) is 2.47. The highest BCUT2D eigenvalue weighted by Gasteiger charge is 2.41. The van der Waals surface area contributed by atoms with Gasteiger partial charge in [0.05, 0.1) is 0 Å². The fourth-order valence-corrected chi connectivity index (χ4v) is 5.85. The molecule has 1 saturated heterocycles. The minimum atomic E-state index is -3.11. The molecule has 1 aromatic carbocycles. The molecule has 21 heavy (non-hydrogen) atoms. The molecule has 0 saturated carbocycles. The standard InChI is InChI=1S/C15H24N2O2S2/c1-15(12-16,10-13-6-4-3-5-7-13)17-8-9-20-11-14(17)21(2,18)19/h3-7,14H,8-12,16H2,1-2H3. The van der Waals surface area contributed by atoms with Gasteiger partial charge in [-0.1, -0.05) is 30.3 Å². The first-order valence-corrected chi connectivity index (χ1v) is 10.2. The van der Waals surface area contributed by atoms with Gasteiger partial charge < -0.3 is 5.73 Å². The van der Waals surface area contributed by atoms with Crippen LogP contribution in [-0.2, 0) is 16.3 Å². The molecule has 1 heterocycles. The van der Waals surface area contributed by atoms with E-state index >= 15 is 0 Å². The van der Waals surface area contributed by atoms with Crippen LogP contribution >= 0.6 is 11.8 Å². The zero-order valence-electron chi connectivity index (χ0n) is 12.7. The van der Waals surface area contributed by atoms with Crippen molar-refractivity contribution in [2.24, 2.45) is 5.73 Å². The monoisotopic (exact) mass is 328 g/mol. The van der Waals surface area contributed by atoms with Crippen molar-refractivity contribution in [3.8, 4) is 0 Å². The predicted molar refractivity (Wildman–Crippen MR) is 90.3 cm³/mol. The number of hydrogen-bond donors (Lipinski definition) is 1. The molecule has 1 aliphatic heterocycles. The number of nitrogens with two attached hydrogens (primary N) is 1. The highest BCUT2D eigenvalue weighted by Crippen LogP contribution is 2.30. The third kappa shape index (κ3) is 4.00. The minimum absolute atomic E-state index is 0.337. The van der Waals surface area contributed by atoms with Gasteiger partial charge in [0, 0.05) is 36.4 Å². The maximum atomic E-state index is 12.1. The van der Waals surface area contributed by atoms with Gasteiger partial charge in [0.1, 0.15) is 5.37 Å². The summed E-state index contributed by atoms with van der Waals surface area (Å²) in [4.78, 5) is 2.10. The maximum absolute atomic E-state index is 12.1. The minimum Gasteiger partial charge on any atom is -0.329 e. The molecule has 2 rings (SSSR count). The molecular formula is C15H24N2O2S2. The van der Waals surface area contributed by atoms with Crippen LogP contribution in [0.5, 0.6) is 0 Å². The van der Waals surface area contributed by atoms with Crippen LogP contribution in [-0.4, -0.2) is 55.1 Å². The summed E-state index contributed by atoms with van der Waals surface area (Å²) in [6.45, 7) is 3.29. The fourth-order valence-electron chi connectivity index (χ4n) is 2.88. The highest BCUT2D eigenvalue weighted by atomic mass is 32.2. The molecule has 2 unspecified atom stereocenters. The van der Waals surface area contributed by atoms with E-state index in [4.69, 9.17) is 5.73 Å². The molecular weight excluding hydrogens is 304 g/mol. The summed E-state index contributed by atoms with van der Waals surface area (Å²) >= 11 is 1.70. The average molecular weight is 329 g/mol. The largest absolute Gasteiger partial charge is 0.329 e. The number of benzene rings is 1. The van der Waals surface area contributed by atoms with E-state index in [0.29, 0.717) is 12.3 Å². The molecule has 0 aromatic heterocycles. The van der Waals surface area contributed by atoms with Gasteiger partial charge in [0.15, 0.2) is 9.84 Å².